The molecule has 0 aromatic carbocycles. The Hall–Kier alpha value is -0.940. The van der Waals surface area contributed by atoms with Crippen LogP contribution in [0.25, 0.3) is 0 Å². The van der Waals surface area contributed by atoms with Crippen molar-refractivity contribution in [3.8, 4) is 0 Å². The van der Waals surface area contributed by atoms with Gasteiger partial charge in [0.2, 0.25) is 0 Å². The summed E-state index contributed by atoms with van der Waals surface area (Å²) < 4.78 is 0. The van der Waals surface area contributed by atoms with Gasteiger partial charge in [-0.05, 0) is 20.8 Å². The highest BCUT2D eigenvalue weighted by Gasteiger charge is 2.21. The number of aliphatic hydroxyl groups excluding tert-OH is 2. The second-order valence-corrected chi connectivity index (χ2v) is 2.34. The van der Waals surface area contributed by atoms with Crippen LogP contribution in [0.3, 0.4) is 0 Å². The van der Waals surface area contributed by atoms with Crippen molar-refractivity contribution >= 4 is 12.2 Å². The smallest absolute Gasteiger partial charge is 0.347 e. The molecule has 2 unspecified atom stereocenters. The summed E-state index contributed by atoms with van der Waals surface area (Å²) in [6.45, 7) is 4.35. The molecule has 0 heterocycles. The zero-order valence-corrected chi connectivity index (χ0v) is 7.43. The van der Waals surface area contributed by atoms with Crippen molar-refractivity contribution in [2.75, 3.05) is 0 Å². The molecule has 0 radical (unpaired) electrons. The monoisotopic (exact) mass is 174 g/mol. The Morgan fingerprint density at radius 2 is 1.83 bits per heavy atom. The van der Waals surface area contributed by atoms with Gasteiger partial charge in [0.15, 0.2) is 0 Å². The molecule has 5 heteroatoms. The Morgan fingerprint density at radius 3 is 2.08 bits per heavy atom. The molecule has 0 spiro atoms. The summed E-state index contributed by atoms with van der Waals surface area (Å²) in [7, 11) is 0. The number of carbonyl (C=O) groups is 1. The first-order chi connectivity index (χ1) is 5.50. The first-order valence-electron chi connectivity index (χ1n) is 3.67. The molecule has 12 heavy (non-hydrogen) atoms. The topological polar surface area (TPSA) is 73.1 Å². The molecule has 0 aromatic heterocycles. The van der Waals surface area contributed by atoms with Crippen LogP contribution in [0, 0.1) is 0 Å². The normalized spacial score (nSPS) is 16.1. The van der Waals surface area contributed by atoms with Gasteiger partial charge in [-0.3, -0.25) is 4.90 Å². The van der Waals surface area contributed by atoms with E-state index in [1.165, 1.54) is 20.1 Å². The largest absolute Gasteiger partial charge is 0.374 e. The summed E-state index contributed by atoms with van der Waals surface area (Å²) in [5, 5.41) is 18.1. The lowest BCUT2D eigenvalue weighted by atomic mass is 10.4. The zero-order valence-electron chi connectivity index (χ0n) is 7.43. The molecule has 5 nitrogen and oxygen atoms in total. The highest BCUT2D eigenvalue weighted by Crippen LogP contribution is 2.03. The van der Waals surface area contributed by atoms with Gasteiger partial charge in [-0.1, -0.05) is 0 Å². The van der Waals surface area contributed by atoms with Crippen molar-refractivity contribution in [2.24, 2.45) is 4.99 Å². The van der Waals surface area contributed by atoms with Crippen molar-refractivity contribution < 1.29 is 15.0 Å². The summed E-state index contributed by atoms with van der Waals surface area (Å²) >= 11 is 0. The third-order valence-electron chi connectivity index (χ3n) is 1.27. The van der Waals surface area contributed by atoms with Crippen molar-refractivity contribution in [3.05, 3.63) is 0 Å². The van der Waals surface area contributed by atoms with Crippen LogP contribution in [0.5, 0.6) is 0 Å². The Kier molecular flexibility index (Phi) is 4.46. The number of amides is 2. The van der Waals surface area contributed by atoms with E-state index in [1.54, 1.807) is 6.92 Å². The fourth-order valence-corrected chi connectivity index (χ4v) is 0.809. The van der Waals surface area contributed by atoms with E-state index >= 15 is 0 Å². The molecule has 0 aliphatic rings. The van der Waals surface area contributed by atoms with Gasteiger partial charge < -0.3 is 10.2 Å². The fraction of sp³-hybridized carbons (Fsp3) is 0.714. The molecule has 0 fully saturated rings. The van der Waals surface area contributed by atoms with E-state index in [4.69, 9.17) is 10.2 Å². The third kappa shape index (κ3) is 2.98. The average Bonchev–Trinajstić information content (AvgIpc) is 1.85. The lowest BCUT2D eigenvalue weighted by Gasteiger charge is -2.25. The molecular formula is C7H14N2O3. The number of hydrogen-bond acceptors (Lipinski definition) is 3. The quantitative estimate of drug-likeness (QED) is 0.463. The van der Waals surface area contributed by atoms with E-state index in [9.17, 15) is 4.79 Å². The van der Waals surface area contributed by atoms with E-state index in [0.717, 1.165) is 4.90 Å². The number of carbonyl (C=O) groups excluding carboxylic acids is 1. The van der Waals surface area contributed by atoms with Crippen LogP contribution in [-0.4, -0.2) is 39.8 Å². The molecule has 0 rings (SSSR count). The molecule has 0 aliphatic carbocycles. The maximum atomic E-state index is 11.0. The van der Waals surface area contributed by atoms with Crippen LogP contribution >= 0.6 is 0 Å². The molecule has 70 valence electrons. The highest BCUT2D eigenvalue weighted by atomic mass is 16.3. The SMILES string of the molecule is C/C=N/C(=O)N(C(C)O)C(C)O. The summed E-state index contributed by atoms with van der Waals surface area (Å²) in [4.78, 5) is 15.3. The molecule has 0 aromatic rings. The molecule has 0 bridgehead atoms. The molecule has 0 saturated heterocycles. The Morgan fingerprint density at radius 1 is 1.42 bits per heavy atom. The molecule has 0 saturated carbocycles. The minimum atomic E-state index is -1.04. The van der Waals surface area contributed by atoms with E-state index < -0.39 is 18.5 Å². The highest BCUT2D eigenvalue weighted by molar-refractivity contribution is 5.83. The number of aliphatic hydroxyl groups is 2. The van der Waals surface area contributed by atoms with Crippen LogP contribution in [-0.2, 0) is 0 Å². The van der Waals surface area contributed by atoms with Gasteiger partial charge in [-0.2, -0.15) is 0 Å². The first kappa shape index (κ1) is 11.1. The number of hydrogen-bond donors (Lipinski definition) is 2. The Labute approximate surface area is 71.3 Å². The van der Waals surface area contributed by atoms with Crippen molar-refractivity contribution in [1.82, 2.24) is 4.90 Å². The van der Waals surface area contributed by atoms with E-state index in [0.29, 0.717) is 0 Å². The van der Waals surface area contributed by atoms with Crippen LogP contribution in [0.15, 0.2) is 4.99 Å². The fourth-order valence-electron chi connectivity index (χ4n) is 0.809. The maximum absolute atomic E-state index is 11.0. The first-order valence-corrected chi connectivity index (χ1v) is 3.67. The third-order valence-corrected chi connectivity index (χ3v) is 1.27. The molecule has 0 aliphatic heterocycles. The average molecular weight is 174 g/mol. The zero-order chi connectivity index (χ0) is 9.72. The Bertz CT molecular complexity index is 169. The van der Waals surface area contributed by atoms with Gasteiger partial charge in [0, 0.05) is 6.21 Å². The standard InChI is InChI=1S/C7H14N2O3/c1-4-8-7(12)9(5(2)10)6(3)11/h4-6,10-11H,1-3H3/b8-4+. The molecule has 2 N–H and O–H groups in total. The predicted molar refractivity (Wildman–Crippen MR) is 44.8 cm³/mol. The molecular weight excluding hydrogens is 160 g/mol. The van der Waals surface area contributed by atoms with Crippen LogP contribution in [0.1, 0.15) is 20.8 Å². The van der Waals surface area contributed by atoms with Crippen molar-refractivity contribution in [3.63, 3.8) is 0 Å². The molecule has 2 amide bonds. The van der Waals surface area contributed by atoms with E-state index in [2.05, 4.69) is 4.99 Å². The second kappa shape index (κ2) is 4.84. The molecule has 2 atom stereocenters. The van der Waals surface area contributed by atoms with Crippen LogP contribution in [0.2, 0.25) is 0 Å². The van der Waals surface area contributed by atoms with Crippen LogP contribution < -0.4 is 0 Å². The minimum Gasteiger partial charge on any atom is -0.374 e. The lowest BCUT2D eigenvalue weighted by Crippen LogP contribution is -2.43. The minimum absolute atomic E-state index is 0.650. The van der Waals surface area contributed by atoms with Gasteiger partial charge in [-0.15, -0.1) is 0 Å². The summed E-state index contributed by atoms with van der Waals surface area (Å²) in [6, 6.07) is -0.650. The van der Waals surface area contributed by atoms with Gasteiger partial charge in [-0.25, -0.2) is 9.79 Å². The number of nitrogens with zero attached hydrogens (tertiary/aromatic N) is 2. The summed E-state index contributed by atoms with van der Waals surface area (Å²) in [6.07, 6.45) is -0.775. The number of urea groups is 1. The van der Waals surface area contributed by atoms with Gasteiger partial charge in [0.25, 0.3) is 0 Å². The number of rotatable bonds is 2. The number of aliphatic imine (C=N–C) groups is 1. The Balaban J connectivity index is 4.40. The maximum Gasteiger partial charge on any atom is 0.347 e. The van der Waals surface area contributed by atoms with E-state index in [-0.39, 0.29) is 0 Å². The van der Waals surface area contributed by atoms with Gasteiger partial charge >= 0.3 is 6.03 Å². The van der Waals surface area contributed by atoms with Gasteiger partial charge in [0.05, 0.1) is 0 Å². The lowest BCUT2D eigenvalue weighted by molar-refractivity contribution is -0.0490. The van der Waals surface area contributed by atoms with Crippen LogP contribution in [0.4, 0.5) is 4.79 Å². The predicted octanol–water partition coefficient (Wildman–Crippen LogP) is 0.176. The second-order valence-electron chi connectivity index (χ2n) is 2.34. The van der Waals surface area contributed by atoms with Gasteiger partial charge in [0.1, 0.15) is 12.5 Å². The summed E-state index contributed by atoms with van der Waals surface area (Å²) in [5.74, 6) is 0. The van der Waals surface area contributed by atoms with E-state index in [1.807, 2.05) is 0 Å². The van der Waals surface area contributed by atoms with Crippen molar-refractivity contribution in [2.45, 2.75) is 33.2 Å². The summed E-state index contributed by atoms with van der Waals surface area (Å²) in [5.41, 5.74) is 0. The van der Waals surface area contributed by atoms with Crippen molar-refractivity contribution in [1.29, 1.82) is 0 Å².